The minimum absolute atomic E-state index is 0.112. The van der Waals surface area contributed by atoms with Gasteiger partial charge < -0.3 is 4.98 Å². The number of imidazole rings is 1. The van der Waals surface area contributed by atoms with Gasteiger partial charge in [0.05, 0.1) is 11.9 Å². The lowest BCUT2D eigenvalue weighted by atomic mass is 10.8. The predicted octanol–water partition coefficient (Wildman–Crippen LogP) is -1.72. The third-order valence-electron chi connectivity index (χ3n) is 1.65. The number of nitrogens with zero attached hydrogens (tertiary/aromatic N) is 1. The number of aromatic nitrogens is 2. The Kier molecular flexibility index (Phi) is 3.68. The van der Waals surface area contributed by atoms with Gasteiger partial charge >= 0.3 is 0 Å². The molecule has 0 spiro atoms. The fourth-order valence-corrected chi connectivity index (χ4v) is 2.45. The first-order valence-corrected chi connectivity index (χ1v) is 7.42. The summed E-state index contributed by atoms with van der Waals surface area (Å²) in [4.78, 5) is 6.24. The van der Waals surface area contributed by atoms with Crippen LogP contribution in [0.3, 0.4) is 0 Å². The number of sulfonamides is 2. The maximum atomic E-state index is 11.5. The largest absolute Gasteiger partial charge is 0.332 e. The molecule has 8 nitrogen and oxygen atoms in total. The molecule has 10 heteroatoms. The van der Waals surface area contributed by atoms with Gasteiger partial charge in [0.2, 0.25) is 10.0 Å². The fraction of sp³-hybridized carbons (Fsp3) is 0.500. The Bertz CT molecular complexity index is 559. The van der Waals surface area contributed by atoms with E-state index in [4.69, 9.17) is 5.14 Å². The van der Waals surface area contributed by atoms with Gasteiger partial charge in [0.25, 0.3) is 10.0 Å². The van der Waals surface area contributed by atoms with E-state index in [-0.39, 0.29) is 11.6 Å². The molecule has 16 heavy (non-hydrogen) atoms. The lowest BCUT2D eigenvalue weighted by Crippen LogP contribution is -2.31. The number of hydrogen-bond donors (Lipinski definition) is 3. The van der Waals surface area contributed by atoms with Crippen LogP contribution in [0.15, 0.2) is 11.2 Å². The molecule has 4 N–H and O–H groups in total. The van der Waals surface area contributed by atoms with Gasteiger partial charge in [-0.25, -0.2) is 31.7 Å². The predicted molar refractivity (Wildman–Crippen MR) is 56.5 cm³/mol. The van der Waals surface area contributed by atoms with Crippen molar-refractivity contribution in [1.29, 1.82) is 0 Å². The zero-order valence-corrected chi connectivity index (χ0v) is 10.1. The third-order valence-corrected chi connectivity index (χ3v) is 3.79. The topological polar surface area (TPSA) is 135 Å². The highest BCUT2D eigenvalue weighted by atomic mass is 32.2. The summed E-state index contributed by atoms with van der Waals surface area (Å²) >= 11 is 0. The Labute approximate surface area is 93.4 Å². The lowest BCUT2D eigenvalue weighted by molar-refractivity contribution is 0.578. The molecule has 0 aliphatic rings. The van der Waals surface area contributed by atoms with Gasteiger partial charge in [-0.3, -0.25) is 0 Å². The van der Waals surface area contributed by atoms with Crippen LogP contribution in [0.1, 0.15) is 5.82 Å². The number of aromatic amines is 1. The Morgan fingerprint density at radius 3 is 2.50 bits per heavy atom. The molecule has 92 valence electrons. The van der Waals surface area contributed by atoms with E-state index in [1.54, 1.807) is 6.92 Å². The number of primary sulfonamides is 1. The summed E-state index contributed by atoms with van der Waals surface area (Å²) in [6, 6.07) is 0. The van der Waals surface area contributed by atoms with Gasteiger partial charge in [0, 0.05) is 6.54 Å². The van der Waals surface area contributed by atoms with E-state index in [0.717, 1.165) is 6.20 Å². The molecule has 0 saturated carbocycles. The molecule has 0 amide bonds. The van der Waals surface area contributed by atoms with E-state index in [9.17, 15) is 16.8 Å². The monoisotopic (exact) mass is 268 g/mol. The number of H-pyrrole nitrogens is 1. The minimum Gasteiger partial charge on any atom is -0.332 e. The van der Waals surface area contributed by atoms with E-state index in [1.165, 1.54) is 0 Å². The second-order valence-electron chi connectivity index (χ2n) is 3.10. The van der Waals surface area contributed by atoms with Crippen molar-refractivity contribution < 1.29 is 16.8 Å². The molecule has 0 aliphatic carbocycles. The Hall–Kier alpha value is -0.970. The van der Waals surface area contributed by atoms with Gasteiger partial charge in [0.1, 0.15) is 5.82 Å². The van der Waals surface area contributed by atoms with Crippen LogP contribution >= 0.6 is 0 Å². The highest BCUT2D eigenvalue weighted by Crippen LogP contribution is 2.03. The number of nitrogens with one attached hydrogen (secondary N) is 2. The molecule has 0 bridgehead atoms. The fourth-order valence-electron chi connectivity index (χ4n) is 0.931. The molecule has 0 radical (unpaired) electrons. The molecule has 1 rings (SSSR count). The Morgan fingerprint density at radius 1 is 1.44 bits per heavy atom. The summed E-state index contributed by atoms with van der Waals surface area (Å²) in [6.45, 7) is 1.32. The molecular formula is C6H12N4O4S2. The van der Waals surface area contributed by atoms with Crippen LogP contribution in [0.2, 0.25) is 0 Å². The summed E-state index contributed by atoms with van der Waals surface area (Å²) in [6.07, 6.45) is 1.15. The Balaban J connectivity index is 2.67. The number of nitrogens with two attached hydrogens (primary N) is 1. The van der Waals surface area contributed by atoms with E-state index in [0.29, 0.717) is 5.82 Å². The average Bonchev–Trinajstić information content (AvgIpc) is 2.49. The van der Waals surface area contributed by atoms with Crippen LogP contribution in [-0.2, 0) is 20.0 Å². The summed E-state index contributed by atoms with van der Waals surface area (Å²) in [5.41, 5.74) is 0. The minimum atomic E-state index is -3.75. The van der Waals surface area contributed by atoms with Crippen molar-refractivity contribution >= 4 is 20.0 Å². The maximum Gasteiger partial charge on any atom is 0.257 e. The summed E-state index contributed by atoms with van der Waals surface area (Å²) < 4.78 is 46.3. The summed E-state index contributed by atoms with van der Waals surface area (Å²) in [5.74, 6) is -0.00822. The number of rotatable bonds is 5. The standard InChI is InChI=1S/C6H12N4O4S2/c1-5-8-4-6(10-5)16(13,14)9-2-3-15(7,11)12/h4,9H,2-3H2,1H3,(H,8,10)(H2,7,11,12). The molecule has 0 atom stereocenters. The van der Waals surface area contributed by atoms with Crippen molar-refractivity contribution in [2.75, 3.05) is 12.3 Å². The molecule has 0 fully saturated rings. The van der Waals surface area contributed by atoms with Crippen molar-refractivity contribution in [2.24, 2.45) is 5.14 Å². The zero-order valence-electron chi connectivity index (χ0n) is 8.47. The van der Waals surface area contributed by atoms with Gasteiger partial charge in [0.15, 0.2) is 5.03 Å². The quantitative estimate of drug-likeness (QED) is 0.584. The summed E-state index contributed by atoms with van der Waals surface area (Å²) in [7, 11) is -7.43. The van der Waals surface area contributed by atoms with Gasteiger partial charge in [-0.1, -0.05) is 0 Å². The smallest absolute Gasteiger partial charge is 0.257 e. The van der Waals surface area contributed by atoms with E-state index >= 15 is 0 Å². The van der Waals surface area contributed by atoms with Crippen molar-refractivity contribution in [3.05, 3.63) is 12.0 Å². The molecule has 0 aromatic carbocycles. The van der Waals surface area contributed by atoms with E-state index in [2.05, 4.69) is 14.7 Å². The molecular weight excluding hydrogens is 256 g/mol. The van der Waals surface area contributed by atoms with Crippen molar-refractivity contribution in [1.82, 2.24) is 14.7 Å². The maximum absolute atomic E-state index is 11.5. The molecule has 1 aromatic heterocycles. The van der Waals surface area contributed by atoms with Crippen molar-refractivity contribution in [3.63, 3.8) is 0 Å². The molecule has 0 aliphatic heterocycles. The first-order chi connectivity index (χ1) is 7.21. The van der Waals surface area contributed by atoms with Crippen LogP contribution < -0.4 is 9.86 Å². The molecule has 1 heterocycles. The van der Waals surface area contributed by atoms with E-state index < -0.39 is 25.8 Å². The second kappa shape index (κ2) is 4.49. The normalized spacial score (nSPS) is 12.9. The van der Waals surface area contributed by atoms with E-state index in [1.807, 2.05) is 0 Å². The number of hydrogen-bond acceptors (Lipinski definition) is 5. The first-order valence-electron chi connectivity index (χ1n) is 4.22. The van der Waals surface area contributed by atoms with Gasteiger partial charge in [-0.05, 0) is 6.92 Å². The molecule has 0 unspecified atom stereocenters. The van der Waals surface area contributed by atoms with Crippen LogP contribution in [0.5, 0.6) is 0 Å². The van der Waals surface area contributed by atoms with Crippen LogP contribution in [-0.4, -0.2) is 39.1 Å². The average molecular weight is 268 g/mol. The SMILES string of the molecule is Cc1ncc(S(=O)(=O)NCCS(N)(=O)=O)[nH]1. The van der Waals surface area contributed by atoms with Crippen molar-refractivity contribution in [2.45, 2.75) is 11.9 Å². The summed E-state index contributed by atoms with van der Waals surface area (Å²) in [5, 5.41) is 4.61. The highest BCUT2D eigenvalue weighted by molar-refractivity contribution is 7.90. The first kappa shape index (κ1) is 13.1. The van der Waals surface area contributed by atoms with Crippen LogP contribution in [0.25, 0.3) is 0 Å². The van der Waals surface area contributed by atoms with Crippen molar-refractivity contribution in [3.8, 4) is 0 Å². The highest BCUT2D eigenvalue weighted by Gasteiger charge is 2.16. The van der Waals surface area contributed by atoms with Crippen LogP contribution in [0.4, 0.5) is 0 Å². The lowest BCUT2D eigenvalue weighted by Gasteiger charge is -2.02. The molecule has 0 saturated heterocycles. The third kappa shape index (κ3) is 3.89. The van der Waals surface area contributed by atoms with Gasteiger partial charge in [-0.2, -0.15) is 0 Å². The van der Waals surface area contributed by atoms with Crippen LogP contribution in [0, 0.1) is 6.92 Å². The second-order valence-corrected chi connectivity index (χ2v) is 6.57. The number of aryl methyl sites for hydroxylation is 1. The Morgan fingerprint density at radius 2 is 2.06 bits per heavy atom. The zero-order chi connectivity index (χ0) is 12.4. The molecule has 1 aromatic rings. The van der Waals surface area contributed by atoms with Gasteiger partial charge in [-0.15, -0.1) is 0 Å².